The summed E-state index contributed by atoms with van der Waals surface area (Å²) >= 11 is 6.96. The second-order valence-electron chi connectivity index (χ2n) is 3.82. The SMILES string of the molecule is Nc1ccc2[nH]c(-c3cc(Br)ccc3Br)nc2n1. The zero-order chi connectivity index (χ0) is 12.7. The van der Waals surface area contributed by atoms with Crippen molar-refractivity contribution in [2.24, 2.45) is 0 Å². The molecule has 0 aliphatic carbocycles. The number of fused-ring (bicyclic) bond motifs is 1. The largest absolute Gasteiger partial charge is 0.384 e. The number of anilines is 1. The summed E-state index contributed by atoms with van der Waals surface area (Å²) < 4.78 is 1.96. The standard InChI is InChI=1S/C12H8Br2N4/c13-6-1-2-8(14)7(5-6)11-16-9-3-4-10(15)17-12(9)18-11/h1-5H,(H3,15,16,17,18). The number of nitrogens with zero attached hydrogens (tertiary/aromatic N) is 2. The van der Waals surface area contributed by atoms with Gasteiger partial charge in [0.25, 0.3) is 0 Å². The molecule has 18 heavy (non-hydrogen) atoms. The third kappa shape index (κ3) is 2.02. The van der Waals surface area contributed by atoms with E-state index in [1.807, 2.05) is 24.3 Å². The molecular formula is C12H8Br2N4. The van der Waals surface area contributed by atoms with Gasteiger partial charge < -0.3 is 10.7 Å². The van der Waals surface area contributed by atoms with E-state index in [1.54, 1.807) is 6.07 Å². The number of nitrogens with two attached hydrogens (primary N) is 1. The van der Waals surface area contributed by atoms with Crippen LogP contribution in [0.25, 0.3) is 22.6 Å². The summed E-state index contributed by atoms with van der Waals surface area (Å²) in [6, 6.07) is 9.55. The van der Waals surface area contributed by atoms with E-state index in [-0.39, 0.29) is 0 Å². The van der Waals surface area contributed by atoms with Gasteiger partial charge in [-0.2, -0.15) is 0 Å². The summed E-state index contributed by atoms with van der Waals surface area (Å²) in [4.78, 5) is 11.9. The molecule has 90 valence electrons. The Morgan fingerprint density at radius 2 is 1.89 bits per heavy atom. The van der Waals surface area contributed by atoms with Crippen LogP contribution in [0.4, 0.5) is 5.82 Å². The van der Waals surface area contributed by atoms with Gasteiger partial charge in [0.05, 0.1) is 5.52 Å². The Labute approximate surface area is 120 Å². The molecule has 0 bridgehead atoms. The van der Waals surface area contributed by atoms with Crippen LogP contribution in [0.3, 0.4) is 0 Å². The molecule has 4 nitrogen and oxygen atoms in total. The number of hydrogen-bond donors (Lipinski definition) is 2. The monoisotopic (exact) mass is 366 g/mol. The lowest BCUT2D eigenvalue weighted by atomic mass is 10.2. The molecule has 0 aliphatic heterocycles. The maximum absolute atomic E-state index is 5.64. The minimum atomic E-state index is 0.467. The molecule has 0 atom stereocenters. The van der Waals surface area contributed by atoms with E-state index in [4.69, 9.17) is 5.73 Å². The smallest absolute Gasteiger partial charge is 0.180 e. The molecule has 0 amide bonds. The summed E-state index contributed by atoms with van der Waals surface area (Å²) in [7, 11) is 0. The van der Waals surface area contributed by atoms with E-state index in [0.717, 1.165) is 25.8 Å². The van der Waals surface area contributed by atoms with Crippen LogP contribution >= 0.6 is 31.9 Å². The summed E-state index contributed by atoms with van der Waals surface area (Å²) in [5, 5.41) is 0. The van der Waals surface area contributed by atoms with E-state index < -0.39 is 0 Å². The highest BCUT2D eigenvalue weighted by Crippen LogP contribution is 2.30. The summed E-state index contributed by atoms with van der Waals surface area (Å²) in [6.45, 7) is 0. The van der Waals surface area contributed by atoms with Crippen molar-refractivity contribution in [1.29, 1.82) is 0 Å². The lowest BCUT2D eigenvalue weighted by molar-refractivity contribution is 1.30. The topological polar surface area (TPSA) is 67.6 Å². The van der Waals surface area contributed by atoms with Crippen molar-refractivity contribution in [1.82, 2.24) is 15.0 Å². The van der Waals surface area contributed by atoms with Gasteiger partial charge in [-0.25, -0.2) is 9.97 Å². The Kier molecular flexibility index (Phi) is 2.83. The molecular weight excluding hydrogens is 360 g/mol. The van der Waals surface area contributed by atoms with Gasteiger partial charge >= 0.3 is 0 Å². The van der Waals surface area contributed by atoms with E-state index in [0.29, 0.717) is 11.5 Å². The highest BCUT2D eigenvalue weighted by atomic mass is 79.9. The fourth-order valence-corrected chi connectivity index (χ4v) is 2.51. The van der Waals surface area contributed by atoms with Crippen molar-refractivity contribution in [2.75, 3.05) is 5.73 Å². The number of H-pyrrole nitrogens is 1. The fraction of sp³-hybridized carbons (Fsp3) is 0. The molecule has 3 N–H and O–H groups in total. The highest BCUT2D eigenvalue weighted by molar-refractivity contribution is 9.11. The Balaban J connectivity index is 2.22. The average Bonchev–Trinajstić information content (AvgIpc) is 2.74. The molecule has 3 aromatic rings. The third-order valence-electron chi connectivity index (χ3n) is 2.55. The minimum absolute atomic E-state index is 0.467. The number of pyridine rings is 1. The molecule has 1 aromatic carbocycles. The zero-order valence-corrected chi connectivity index (χ0v) is 12.3. The van der Waals surface area contributed by atoms with Crippen LogP contribution in [0.5, 0.6) is 0 Å². The number of aromatic nitrogens is 3. The molecule has 3 rings (SSSR count). The Hall–Kier alpha value is -1.40. The van der Waals surface area contributed by atoms with Gasteiger partial charge in [-0.05, 0) is 30.3 Å². The highest BCUT2D eigenvalue weighted by Gasteiger charge is 2.10. The molecule has 0 spiro atoms. The Morgan fingerprint density at radius 1 is 1.06 bits per heavy atom. The predicted octanol–water partition coefficient (Wildman–Crippen LogP) is 3.73. The predicted molar refractivity (Wildman–Crippen MR) is 79.1 cm³/mol. The number of nitrogens with one attached hydrogen (secondary N) is 1. The van der Waals surface area contributed by atoms with Crippen molar-refractivity contribution in [3.63, 3.8) is 0 Å². The van der Waals surface area contributed by atoms with Gasteiger partial charge in [-0.3, -0.25) is 0 Å². The maximum atomic E-state index is 5.64. The molecule has 2 aromatic heterocycles. The van der Waals surface area contributed by atoms with E-state index in [1.165, 1.54) is 0 Å². The Morgan fingerprint density at radius 3 is 2.72 bits per heavy atom. The van der Waals surface area contributed by atoms with Crippen molar-refractivity contribution >= 4 is 48.8 Å². The number of rotatable bonds is 1. The lowest BCUT2D eigenvalue weighted by Gasteiger charge is -2.00. The normalized spacial score (nSPS) is 11.0. The second kappa shape index (κ2) is 4.37. The first-order valence-corrected chi connectivity index (χ1v) is 6.80. The molecule has 0 aliphatic rings. The van der Waals surface area contributed by atoms with Gasteiger partial charge in [-0.15, -0.1) is 0 Å². The van der Waals surface area contributed by atoms with Crippen LogP contribution in [-0.4, -0.2) is 15.0 Å². The lowest BCUT2D eigenvalue weighted by Crippen LogP contribution is -1.88. The van der Waals surface area contributed by atoms with Crippen LogP contribution in [0, 0.1) is 0 Å². The number of halogens is 2. The van der Waals surface area contributed by atoms with Crippen LogP contribution in [0.2, 0.25) is 0 Å². The van der Waals surface area contributed by atoms with E-state index in [9.17, 15) is 0 Å². The fourth-order valence-electron chi connectivity index (χ4n) is 1.71. The van der Waals surface area contributed by atoms with Crippen LogP contribution in [0.15, 0.2) is 39.3 Å². The minimum Gasteiger partial charge on any atom is -0.384 e. The first kappa shape index (κ1) is 11.7. The molecule has 0 saturated heterocycles. The molecule has 0 radical (unpaired) electrons. The number of benzene rings is 1. The van der Waals surface area contributed by atoms with Crippen molar-refractivity contribution in [3.8, 4) is 11.4 Å². The van der Waals surface area contributed by atoms with Gasteiger partial charge in [-0.1, -0.05) is 31.9 Å². The quantitative estimate of drug-likeness (QED) is 0.688. The third-order valence-corrected chi connectivity index (χ3v) is 3.74. The molecule has 2 heterocycles. The van der Waals surface area contributed by atoms with Gasteiger partial charge in [0.1, 0.15) is 11.6 Å². The van der Waals surface area contributed by atoms with Crippen molar-refractivity contribution < 1.29 is 0 Å². The van der Waals surface area contributed by atoms with Crippen LogP contribution in [0.1, 0.15) is 0 Å². The molecule has 0 unspecified atom stereocenters. The molecule has 0 saturated carbocycles. The Bertz CT molecular complexity index is 736. The molecule has 0 fully saturated rings. The first-order valence-electron chi connectivity index (χ1n) is 5.21. The first-order chi connectivity index (χ1) is 8.63. The number of imidazole rings is 1. The van der Waals surface area contributed by atoms with E-state index in [2.05, 4.69) is 46.8 Å². The number of nitrogen functional groups attached to an aromatic ring is 1. The maximum Gasteiger partial charge on any atom is 0.180 e. The number of aromatic amines is 1. The summed E-state index contributed by atoms with van der Waals surface area (Å²) in [6.07, 6.45) is 0. The van der Waals surface area contributed by atoms with E-state index >= 15 is 0 Å². The van der Waals surface area contributed by atoms with Gasteiger partial charge in [0.2, 0.25) is 0 Å². The number of hydrogen-bond acceptors (Lipinski definition) is 3. The zero-order valence-electron chi connectivity index (χ0n) is 9.11. The second-order valence-corrected chi connectivity index (χ2v) is 5.59. The average molecular weight is 368 g/mol. The summed E-state index contributed by atoms with van der Waals surface area (Å²) in [5.41, 5.74) is 8.11. The van der Waals surface area contributed by atoms with Gasteiger partial charge in [0, 0.05) is 14.5 Å². The van der Waals surface area contributed by atoms with Crippen LogP contribution < -0.4 is 5.73 Å². The van der Waals surface area contributed by atoms with Crippen LogP contribution in [-0.2, 0) is 0 Å². The van der Waals surface area contributed by atoms with Gasteiger partial charge in [0.15, 0.2) is 5.65 Å². The van der Waals surface area contributed by atoms with Crippen molar-refractivity contribution in [3.05, 3.63) is 39.3 Å². The van der Waals surface area contributed by atoms with Crippen molar-refractivity contribution in [2.45, 2.75) is 0 Å². The summed E-state index contributed by atoms with van der Waals surface area (Å²) in [5.74, 6) is 1.23. The molecule has 6 heteroatoms.